The molecule has 1 aromatic rings. The number of carboxylic acids is 2. The van der Waals surface area contributed by atoms with Crippen molar-refractivity contribution in [1.82, 2.24) is 25.5 Å². The average Bonchev–Trinajstić information content (AvgIpc) is 2.73. The number of amides is 2. The van der Waals surface area contributed by atoms with Gasteiger partial charge in [0.2, 0.25) is 11.8 Å². The van der Waals surface area contributed by atoms with Crippen LogP contribution in [0.5, 0.6) is 0 Å². The van der Waals surface area contributed by atoms with Crippen molar-refractivity contribution >= 4 is 29.6 Å². The number of carbonyl (C=O) groups excluding carboxylic acids is 2. The Hall–Kier alpha value is -3.48. The molecule has 3 aliphatic rings. The third-order valence-corrected chi connectivity index (χ3v) is 5.98. The van der Waals surface area contributed by atoms with Gasteiger partial charge >= 0.3 is 0 Å². The van der Waals surface area contributed by atoms with Gasteiger partial charge in [0.15, 0.2) is 0 Å². The highest BCUT2D eigenvalue weighted by molar-refractivity contribution is 5.89. The van der Waals surface area contributed by atoms with Crippen LogP contribution in [0.2, 0.25) is 0 Å². The highest BCUT2D eigenvalue weighted by Crippen LogP contribution is 2.39. The molecule has 0 aromatic carbocycles. The van der Waals surface area contributed by atoms with Crippen LogP contribution in [-0.4, -0.2) is 80.6 Å². The fraction of sp³-hybridized carbons (Fsp3) is 0.636. The number of carbonyl (C=O) groups is 4. The molecule has 0 saturated carbocycles. The summed E-state index contributed by atoms with van der Waals surface area (Å²) in [5, 5.41) is 21.2. The van der Waals surface area contributed by atoms with E-state index in [2.05, 4.69) is 20.6 Å². The molecule has 0 spiro atoms. The van der Waals surface area contributed by atoms with Crippen LogP contribution >= 0.6 is 0 Å². The molecule has 13 nitrogen and oxygen atoms in total. The van der Waals surface area contributed by atoms with Crippen molar-refractivity contribution in [3.05, 3.63) is 22.2 Å². The summed E-state index contributed by atoms with van der Waals surface area (Å²) in [6.45, 7) is 4.18. The van der Waals surface area contributed by atoms with E-state index in [4.69, 9.17) is 25.5 Å². The lowest BCUT2D eigenvalue weighted by Crippen LogP contribution is -2.68. The fourth-order valence-corrected chi connectivity index (χ4v) is 4.91. The van der Waals surface area contributed by atoms with Gasteiger partial charge in [0.1, 0.15) is 17.7 Å². The molecule has 2 bridgehead atoms. The van der Waals surface area contributed by atoms with E-state index in [1.165, 1.54) is 6.07 Å². The number of fused-ring (bicyclic) bond motifs is 4. The topological polar surface area (TPSA) is 208 Å². The Labute approximate surface area is 202 Å². The Morgan fingerprint density at radius 2 is 1.80 bits per heavy atom. The maximum Gasteiger partial charge on any atom is 0.300 e. The van der Waals surface area contributed by atoms with Gasteiger partial charge in [-0.05, 0) is 31.7 Å². The lowest BCUT2D eigenvalue weighted by atomic mass is 9.72. The van der Waals surface area contributed by atoms with E-state index in [-0.39, 0.29) is 35.2 Å². The Morgan fingerprint density at radius 3 is 2.43 bits per heavy atom. The van der Waals surface area contributed by atoms with Crippen LogP contribution in [0, 0.1) is 11.8 Å². The van der Waals surface area contributed by atoms with Gasteiger partial charge in [-0.25, -0.2) is 4.98 Å². The SMILES string of the molecule is CC(=O)O.CC(=O)O.Nc1cc(=O)[nH]c(CCNC(=O)[C@H]2[C@@H]3CNC[C@@H](C3)[C@@H]3CCCC(=O)N32)n1. The highest BCUT2D eigenvalue weighted by Gasteiger charge is 2.50. The predicted octanol–water partition coefficient (Wildman–Crippen LogP) is -0.818. The number of carboxylic acid groups (broad SMARTS) is 2. The summed E-state index contributed by atoms with van der Waals surface area (Å²) in [5.41, 5.74) is 5.27. The molecular formula is C22H34N6O7. The van der Waals surface area contributed by atoms with Gasteiger partial charge in [-0.15, -0.1) is 0 Å². The molecule has 2 amide bonds. The van der Waals surface area contributed by atoms with Gasteiger partial charge in [-0.1, -0.05) is 0 Å². The Kier molecular flexibility index (Phi) is 10.2. The minimum absolute atomic E-state index is 0.102. The summed E-state index contributed by atoms with van der Waals surface area (Å²) in [7, 11) is 0. The van der Waals surface area contributed by atoms with Crippen molar-refractivity contribution in [2.75, 3.05) is 25.4 Å². The second-order valence-corrected chi connectivity index (χ2v) is 8.82. The Balaban J connectivity index is 0.000000473. The number of anilines is 1. The van der Waals surface area contributed by atoms with Crippen molar-refractivity contribution in [3.8, 4) is 0 Å². The van der Waals surface area contributed by atoms with Gasteiger partial charge in [0.25, 0.3) is 17.5 Å². The molecule has 7 N–H and O–H groups in total. The molecule has 0 aliphatic carbocycles. The number of aromatic nitrogens is 2. The number of nitrogen functional groups attached to an aromatic ring is 1. The van der Waals surface area contributed by atoms with Gasteiger partial charge < -0.3 is 36.5 Å². The lowest BCUT2D eigenvalue weighted by molar-refractivity contribution is -0.157. The summed E-state index contributed by atoms with van der Waals surface area (Å²) < 4.78 is 0. The fourth-order valence-electron chi connectivity index (χ4n) is 4.91. The molecule has 3 fully saturated rings. The number of H-pyrrole nitrogens is 1. The molecule has 4 rings (SSSR count). The van der Waals surface area contributed by atoms with Crippen LogP contribution in [0.25, 0.3) is 0 Å². The van der Waals surface area contributed by atoms with Crippen molar-refractivity contribution in [2.24, 2.45) is 11.8 Å². The van der Waals surface area contributed by atoms with Crippen LogP contribution in [0.1, 0.15) is 45.4 Å². The van der Waals surface area contributed by atoms with Crippen molar-refractivity contribution in [1.29, 1.82) is 0 Å². The summed E-state index contributed by atoms with van der Waals surface area (Å²) in [5.74, 6) is -0.492. The van der Waals surface area contributed by atoms with Crippen molar-refractivity contribution < 1.29 is 29.4 Å². The quantitative estimate of drug-likeness (QED) is 0.306. The van der Waals surface area contributed by atoms with E-state index < -0.39 is 18.0 Å². The zero-order chi connectivity index (χ0) is 26.1. The first-order valence-corrected chi connectivity index (χ1v) is 11.5. The summed E-state index contributed by atoms with van der Waals surface area (Å²) in [4.78, 5) is 63.6. The number of nitrogens with zero attached hydrogens (tertiary/aromatic N) is 2. The third kappa shape index (κ3) is 8.35. The van der Waals surface area contributed by atoms with Gasteiger partial charge in [0, 0.05) is 57.8 Å². The number of piperidine rings is 3. The molecule has 35 heavy (non-hydrogen) atoms. The zero-order valence-electron chi connectivity index (χ0n) is 20.0. The van der Waals surface area contributed by atoms with Gasteiger partial charge in [0.05, 0.1) is 0 Å². The Morgan fingerprint density at radius 1 is 1.17 bits per heavy atom. The molecule has 0 radical (unpaired) electrons. The number of rotatable bonds is 4. The van der Waals surface area contributed by atoms with E-state index in [9.17, 15) is 14.4 Å². The minimum atomic E-state index is -0.833. The van der Waals surface area contributed by atoms with Crippen molar-refractivity contribution in [2.45, 2.75) is 58.0 Å². The number of aromatic amines is 1. The number of aliphatic carboxylic acids is 2. The molecular weight excluding hydrogens is 460 g/mol. The first-order chi connectivity index (χ1) is 16.5. The first-order valence-electron chi connectivity index (χ1n) is 11.5. The maximum atomic E-state index is 13.0. The van der Waals surface area contributed by atoms with Gasteiger partial charge in [-0.2, -0.15) is 0 Å². The van der Waals surface area contributed by atoms with Crippen LogP contribution in [0.3, 0.4) is 0 Å². The van der Waals surface area contributed by atoms with E-state index in [1.54, 1.807) is 0 Å². The smallest absolute Gasteiger partial charge is 0.300 e. The predicted molar refractivity (Wildman–Crippen MR) is 125 cm³/mol. The van der Waals surface area contributed by atoms with Crippen LogP contribution in [-0.2, 0) is 25.6 Å². The largest absolute Gasteiger partial charge is 0.481 e. The van der Waals surface area contributed by atoms with E-state index >= 15 is 0 Å². The average molecular weight is 495 g/mol. The minimum Gasteiger partial charge on any atom is -0.481 e. The summed E-state index contributed by atoms with van der Waals surface area (Å²) >= 11 is 0. The molecule has 0 unspecified atom stereocenters. The summed E-state index contributed by atoms with van der Waals surface area (Å²) in [6, 6.07) is 0.969. The molecule has 4 atom stereocenters. The van der Waals surface area contributed by atoms with Crippen molar-refractivity contribution in [3.63, 3.8) is 0 Å². The number of nitrogens with two attached hydrogens (primary N) is 1. The van der Waals surface area contributed by atoms with E-state index in [1.807, 2.05) is 4.90 Å². The van der Waals surface area contributed by atoms with Crippen LogP contribution in [0.4, 0.5) is 5.82 Å². The van der Waals surface area contributed by atoms with E-state index in [0.29, 0.717) is 31.1 Å². The highest BCUT2D eigenvalue weighted by atomic mass is 16.4. The number of nitrogens with one attached hydrogen (secondary N) is 3. The first kappa shape index (κ1) is 27.8. The normalized spacial score (nSPS) is 24.5. The number of hydrogen-bond acceptors (Lipinski definition) is 8. The standard InChI is InChI=1S/C18H26N6O3.2C2H4O2/c19-13-7-15(25)23-14(22-13)4-5-21-18(27)17-11-6-10(8-20-9-11)12-2-1-3-16(26)24(12)17;2*1-2(3)4/h7,10-12,17,20H,1-6,8-9H2,(H,21,27)(H3,19,22,23,25);2*1H3,(H,3,4)/t10-,11+,12+,17-;;/m1../s1. The zero-order valence-corrected chi connectivity index (χ0v) is 20.0. The Bertz CT molecular complexity index is 961. The third-order valence-electron chi connectivity index (χ3n) is 5.98. The monoisotopic (exact) mass is 494 g/mol. The maximum absolute atomic E-state index is 13.0. The van der Waals surface area contributed by atoms with Crippen LogP contribution < -0.4 is 21.9 Å². The number of hydrogen-bond donors (Lipinski definition) is 6. The summed E-state index contributed by atoms with van der Waals surface area (Å²) in [6.07, 6.45) is 3.78. The molecule has 194 valence electrons. The molecule has 1 aromatic heterocycles. The molecule has 3 aliphatic heterocycles. The van der Waals surface area contributed by atoms with Gasteiger partial charge in [-0.3, -0.25) is 24.0 Å². The van der Waals surface area contributed by atoms with Crippen LogP contribution in [0.15, 0.2) is 10.9 Å². The molecule has 13 heteroatoms. The second kappa shape index (κ2) is 12.8. The second-order valence-electron chi connectivity index (χ2n) is 8.82. The molecule has 4 heterocycles. The molecule has 3 saturated heterocycles. The lowest BCUT2D eigenvalue weighted by Gasteiger charge is -2.53. The van der Waals surface area contributed by atoms with E-state index in [0.717, 1.165) is 46.2 Å².